The molecule has 2 aliphatic rings. The lowest BCUT2D eigenvalue weighted by Gasteiger charge is -2.40. The van der Waals surface area contributed by atoms with Gasteiger partial charge in [-0.25, -0.2) is 0 Å². The Morgan fingerprint density at radius 2 is 1.87 bits per heavy atom. The fourth-order valence-electron chi connectivity index (χ4n) is 3.44. The van der Waals surface area contributed by atoms with Crippen molar-refractivity contribution < 1.29 is 5.11 Å². The minimum Gasteiger partial charge on any atom is -0.378 e. The lowest BCUT2D eigenvalue weighted by Crippen LogP contribution is -2.52. The monoisotopic (exact) mass is 320 g/mol. The quantitative estimate of drug-likeness (QED) is 0.762. The van der Waals surface area contributed by atoms with Gasteiger partial charge in [0.15, 0.2) is 0 Å². The van der Waals surface area contributed by atoms with Crippen LogP contribution in [0.5, 0.6) is 0 Å². The van der Waals surface area contributed by atoms with Crippen molar-refractivity contribution >= 4 is 6.21 Å². The highest BCUT2D eigenvalue weighted by Crippen LogP contribution is 2.28. The van der Waals surface area contributed by atoms with Gasteiger partial charge in [-0.05, 0) is 32.6 Å². The predicted molar refractivity (Wildman–Crippen MR) is 93.3 cm³/mol. The van der Waals surface area contributed by atoms with E-state index in [1.54, 1.807) is 0 Å². The highest BCUT2D eigenvalue weighted by Gasteiger charge is 2.29. The Balaban J connectivity index is 1.67. The zero-order valence-corrected chi connectivity index (χ0v) is 14.7. The molecular weight excluding hydrogens is 288 g/mol. The van der Waals surface area contributed by atoms with E-state index in [0.717, 1.165) is 32.7 Å². The molecule has 23 heavy (non-hydrogen) atoms. The van der Waals surface area contributed by atoms with E-state index in [9.17, 15) is 5.11 Å². The molecule has 1 heterocycles. The number of aliphatic hydroxyl groups excluding tert-OH is 1. The van der Waals surface area contributed by atoms with Crippen LogP contribution in [0, 0.1) is 22.7 Å². The van der Waals surface area contributed by atoms with Crippen LogP contribution < -0.4 is 0 Å². The molecule has 0 aromatic rings. The first-order valence-corrected chi connectivity index (χ1v) is 9.06. The largest absolute Gasteiger partial charge is 0.378 e. The average Bonchev–Trinajstić information content (AvgIpc) is 2.59. The summed E-state index contributed by atoms with van der Waals surface area (Å²) in [5, 5.41) is 19.5. The fourth-order valence-corrected chi connectivity index (χ4v) is 3.44. The summed E-state index contributed by atoms with van der Waals surface area (Å²) in [6.45, 7) is 9.07. The van der Waals surface area contributed by atoms with Crippen LogP contribution in [0.1, 0.15) is 46.0 Å². The maximum atomic E-state index is 10.6. The van der Waals surface area contributed by atoms with Crippen LogP contribution in [0.2, 0.25) is 0 Å². The Kier molecular flexibility index (Phi) is 7.01. The molecule has 0 amide bonds. The molecule has 2 fully saturated rings. The minimum absolute atomic E-state index is 0.248. The van der Waals surface area contributed by atoms with Gasteiger partial charge >= 0.3 is 0 Å². The molecule has 1 atom stereocenters. The molecule has 1 unspecified atom stereocenters. The summed E-state index contributed by atoms with van der Waals surface area (Å²) in [5.41, 5.74) is -0.376. The smallest absolute Gasteiger partial charge is 0.110 e. The van der Waals surface area contributed by atoms with Crippen molar-refractivity contribution in [3.63, 3.8) is 0 Å². The first-order valence-electron chi connectivity index (χ1n) is 9.06. The van der Waals surface area contributed by atoms with Gasteiger partial charge in [0.05, 0.1) is 18.0 Å². The minimum atomic E-state index is -0.376. The summed E-state index contributed by atoms with van der Waals surface area (Å²) < 4.78 is 0. The molecule has 1 N–H and O–H groups in total. The summed E-state index contributed by atoms with van der Waals surface area (Å²) >= 11 is 0. The number of hydrogen-bond donors (Lipinski definition) is 1. The second-order valence-corrected chi connectivity index (χ2v) is 7.67. The van der Waals surface area contributed by atoms with Crippen LogP contribution in [0.4, 0.5) is 0 Å². The number of aliphatic hydroxyl groups is 1. The standard InChI is InChI=1S/C18H32N4O/c1-18(2,14-19)15-20-8-9-21-10-12-22(13-11-21)17(23)16-6-4-3-5-7-16/h8,16-17,23H,3-7,9-13,15H2,1-2H3. The van der Waals surface area contributed by atoms with Crippen molar-refractivity contribution in [2.24, 2.45) is 16.3 Å². The van der Waals surface area contributed by atoms with Crippen molar-refractivity contribution in [3.05, 3.63) is 0 Å². The van der Waals surface area contributed by atoms with Crippen molar-refractivity contribution in [2.45, 2.75) is 52.2 Å². The molecule has 130 valence electrons. The van der Waals surface area contributed by atoms with E-state index in [2.05, 4.69) is 20.9 Å². The molecule has 0 bridgehead atoms. The van der Waals surface area contributed by atoms with Crippen molar-refractivity contribution in [1.29, 1.82) is 5.26 Å². The highest BCUT2D eigenvalue weighted by atomic mass is 16.3. The summed E-state index contributed by atoms with van der Waals surface area (Å²) in [4.78, 5) is 9.00. The fraction of sp³-hybridized carbons (Fsp3) is 0.889. The third-order valence-corrected chi connectivity index (χ3v) is 5.11. The normalized spacial score (nSPS) is 23.9. The maximum Gasteiger partial charge on any atom is 0.110 e. The number of piperazine rings is 1. The van der Waals surface area contributed by atoms with Gasteiger partial charge in [-0.15, -0.1) is 0 Å². The SMILES string of the molecule is CC(C)(C#N)CN=CCN1CCN(C(O)C2CCCCC2)CC1. The molecule has 0 aromatic carbocycles. The molecule has 1 saturated carbocycles. The zero-order valence-electron chi connectivity index (χ0n) is 14.7. The molecule has 0 spiro atoms. The second-order valence-electron chi connectivity index (χ2n) is 7.67. The van der Waals surface area contributed by atoms with Crippen LogP contribution in [-0.4, -0.2) is 66.6 Å². The Morgan fingerprint density at radius 3 is 2.48 bits per heavy atom. The zero-order chi connectivity index (χ0) is 16.7. The summed E-state index contributed by atoms with van der Waals surface area (Å²) in [5.74, 6) is 0.477. The molecule has 0 aromatic heterocycles. The highest BCUT2D eigenvalue weighted by molar-refractivity contribution is 5.59. The van der Waals surface area contributed by atoms with Gasteiger partial charge in [-0.2, -0.15) is 5.26 Å². The number of rotatable bonds is 6. The topological polar surface area (TPSA) is 62.9 Å². The third kappa shape index (κ3) is 5.87. The van der Waals surface area contributed by atoms with Gasteiger partial charge in [-0.3, -0.25) is 14.8 Å². The van der Waals surface area contributed by atoms with Gasteiger partial charge in [0.2, 0.25) is 0 Å². The predicted octanol–water partition coefficient (Wildman–Crippen LogP) is 2.12. The van der Waals surface area contributed by atoms with Crippen LogP contribution in [0.15, 0.2) is 4.99 Å². The van der Waals surface area contributed by atoms with E-state index >= 15 is 0 Å². The van der Waals surface area contributed by atoms with E-state index in [1.807, 2.05) is 20.1 Å². The summed E-state index contributed by atoms with van der Waals surface area (Å²) in [7, 11) is 0. The first-order chi connectivity index (χ1) is 11.0. The van der Waals surface area contributed by atoms with E-state index < -0.39 is 0 Å². The van der Waals surface area contributed by atoms with Crippen molar-refractivity contribution in [3.8, 4) is 6.07 Å². The molecule has 1 aliphatic carbocycles. The van der Waals surface area contributed by atoms with E-state index in [-0.39, 0.29) is 11.6 Å². The maximum absolute atomic E-state index is 10.6. The molecule has 5 heteroatoms. The van der Waals surface area contributed by atoms with Gasteiger partial charge in [-0.1, -0.05) is 19.3 Å². The van der Waals surface area contributed by atoms with Gasteiger partial charge in [0.25, 0.3) is 0 Å². The molecule has 5 nitrogen and oxygen atoms in total. The number of aliphatic imine (C=N–C) groups is 1. The van der Waals surface area contributed by atoms with Crippen LogP contribution in [-0.2, 0) is 0 Å². The number of nitriles is 1. The van der Waals surface area contributed by atoms with E-state index in [1.165, 1.54) is 32.1 Å². The average molecular weight is 320 g/mol. The molecule has 1 aliphatic heterocycles. The van der Waals surface area contributed by atoms with Gasteiger partial charge < -0.3 is 5.11 Å². The van der Waals surface area contributed by atoms with Gasteiger partial charge in [0, 0.05) is 38.9 Å². The Hall–Kier alpha value is -0.960. The van der Waals surface area contributed by atoms with Crippen LogP contribution >= 0.6 is 0 Å². The van der Waals surface area contributed by atoms with E-state index in [0.29, 0.717) is 12.5 Å². The second kappa shape index (κ2) is 8.77. The Morgan fingerprint density at radius 1 is 1.22 bits per heavy atom. The summed E-state index contributed by atoms with van der Waals surface area (Å²) in [6.07, 6.45) is 7.94. The van der Waals surface area contributed by atoms with Crippen LogP contribution in [0.3, 0.4) is 0 Å². The molecule has 0 radical (unpaired) electrons. The van der Waals surface area contributed by atoms with Crippen molar-refractivity contribution in [2.75, 3.05) is 39.3 Å². The lowest BCUT2D eigenvalue weighted by molar-refractivity contribution is -0.0680. The molecule has 1 saturated heterocycles. The van der Waals surface area contributed by atoms with Crippen molar-refractivity contribution in [1.82, 2.24) is 9.80 Å². The lowest BCUT2D eigenvalue weighted by atomic mass is 9.87. The van der Waals surface area contributed by atoms with Gasteiger partial charge in [0.1, 0.15) is 6.23 Å². The van der Waals surface area contributed by atoms with Crippen LogP contribution in [0.25, 0.3) is 0 Å². The summed E-state index contributed by atoms with van der Waals surface area (Å²) in [6, 6.07) is 2.27. The Labute approximate surface area is 141 Å². The number of nitrogens with zero attached hydrogens (tertiary/aromatic N) is 4. The number of hydrogen-bond acceptors (Lipinski definition) is 5. The first kappa shape index (κ1) is 18.4. The molecular formula is C18H32N4O. The van der Waals surface area contributed by atoms with E-state index in [4.69, 9.17) is 5.26 Å². The molecule has 2 rings (SSSR count). The third-order valence-electron chi connectivity index (χ3n) is 5.11. The Bertz CT molecular complexity index is 415.